The Labute approximate surface area is 225 Å². The van der Waals surface area contributed by atoms with Crippen LogP contribution in [-0.4, -0.2) is 34.4 Å². The molecule has 7 atom stereocenters. The van der Waals surface area contributed by atoms with Gasteiger partial charge < -0.3 is 15.5 Å². The number of aliphatic hydroxyl groups is 2. The van der Waals surface area contributed by atoms with Crippen LogP contribution in [-0.2, 0) is 0 Å². The number of hydrogen-bond donors (Lipinski definition) is 3. The number of allylic oxidation sites excluding steroid dienone is 1. The number of carbonyl (C=O) groups excluding carboxylic acids is 1. The highest BCUT2D eigenvalue weighted by atomic mass is 35.5. The highest BCUT2D eigenvalue weighted by molar-refractivity contribution is 6.43. The number of fused-ring (bicyclic) bond motifs is 5. The van der Waals surface area contributed by atoms with Gasteiger partial charge in [-0.2, -0.15) is 0 Å². The van der Waals surface area contributed by atoms with Gasteiger partial charge in [0.05, 0.1) is 27.3 Å². The number of amides is 1. The van der Waals surface area contributed by atoms with Gasteiger partial charge in [-0.05, 0) is 105 Å². The quantitative estimate of drug-likeness (QED) is 0.356. The second-order valence-electron chi connectivity index (χ2n) is 12.3. The molecule has 6 heteroatoms. The minimum atomic E-state index is -0.727. The van der Waals surface area contributed by atoms with E-state index in [9.17, 15) is 15.0 Å². The van der Waals surface area contributed by atoms with Gasteiger partial charge in [-0.3, -0.25) is 4.79 Å². The second-order valence-corrected chi connectivity index (χ2v) is 13.0. The van der Waals surface area contributed by atoms with Crippen LogP contribution in [0.3, 0.4) is 0 Å². The zero-order valence-electron chi connectivity index (χ0n) is 21.2. The smallest absolute Gasteiger partial charge is 0.252 e. The minimum Gasteiger partial charge on any atom is -0.393 e. The first-order valence-electron chi connectivity index (χ1n) is 13.5. The summed E-state index contributed by atoms with van der Waals surface area (Å²) in [6, 6.07) is 5.11. The fourth-order valence-corrected chi connectivity index (χ4v) is 9.06. The summed E-state index contributed by atoms with van der Waals surface area (Å²) in [6.07, 6.45) is 13.1. The van der Waals surface area contributed by atoms with E-state index in [0.29, 0.717) is 41.3 Å². The van der Waals surface area contributed by atoms with Crippen LogP contribution in [0.4, 0.5) is 0 Å². The van der Waals surface area contributed by atoms with E-state index in [-0.39, 0.29) is 27.9 Å². The summed E-state index contributed by atoms with van der Waals surface area (Å²) in [7, 11) is 0. The molecule has 1 amide bonds. The van der Waals surface area contributed by atoms with Crippen LogP contribution in [0.15, 0.2) is 42.5 Å². The van der Waals surface area contributed by atoms with E-state index in [2.05, 4.69) is 24.9 Å². The molecule has 3 saturated carbocycles. The first-order chi connectivity index (χ1) is 17.1. The van der Waals surface area contributed by atoms with E-state index < -0.39 is 5.60 Å². The Morgan fingerprint density at radius 3 is 2.83 bits per heavy atom. The third-order valence-corrected chi connectivity index (χ3v) is 11.1. The van der Waals surface area contributed by atoms with Crippen molar-refractivity contribution < 1.29 is 15.0 Å². The maximum absolute atomic E-state index is 12.9. The van der Waals surface area contributed by atoms with Gasteiger partial charge in [-0.1, -0.05) is 53.9 Å². The van der Waals surface area contributed by atoms with E-state index in [1.54, 1.807) is 18.2 Å². The molecule has 3 fully saturated rings. The SMILES string of the molecule is C=CC[C@]1(O)C[C@H]2[C@@H]3CC=C4C[C@@H](O)CC[C@]4(C)[C@H]3CC[C@]2(CCNC(=O)c2cccc(Cl)c2Cl)C1. The number of carbonyl (C=O) groups is 1. The number of halogens is 2. The lowest BCUT2D eigenvalue weighted by Crippen LogP contribution is -2.50. The molecule has 36 heavy (non-hydrogen) atoms. The standard InChI is InChI=1S/C30H39Cl2NO3/c1-3-11-30(36)17-24-21-8-7-19-16-20(34)9-12-28(19,2)23(21)10-13-29(24,18-30)14-15-33-27(35)22-5-4-6-25(31)26(22)32/h3-7,20-21,23-24,34,36H,1,8-18H2,2H3,(H,33,35)/t20-,21+,23-,24-,28-,29-,30-/m0/s1. The predicted octanol–water partition coefficient (Wildman–Crippen LogP) is 6.72. The summed E-state index contributed by atoms with van der Waals surface area (Å²) >= 11 is 12.4. The number of benzene rings is 1. The van der Waals surface area contributed by atoms with E-state index >= 15 is 0 Å². The summed E-state index contributed by atoms with van der Waals surface area (Å²) in [6.45, 7) is 6.89. The Balaban J connectivity index is 1.37. The fraction of sp³-hybridized carbons (Fsp3) is 0.633. The van der Waals surface area contributed by atoms with Crippen LogP contribution in [0.2, 0.25) is 10.0 Å². The molecule has 0 aromatic heterocycles. The maximum Gasteiger partial charge on any atom is 0.252 e. The molecule has 0 radical (unpaired) electrons. The fourth-order valence-electron chi connectivity index (χ4n) is 8.68. The Bertz CT molecular complexity index is 1070. The van der Waals surface area contributed by atoms with Crippen molar-refractivity contribution in [3.05, 3.63) is 58.1 Å². The first kappa shape index (κ1) is 26.3. The molecule has 4 nitrogen and oxygen atoms in total. The average molecular weight is 533 g/mol. The van der Waals surface area contributed by atoms with Gasteiger partial charge >= 0.3 is 0 Å². The third kappa shape index (κ3) is 4.46. The molecule has 3 N–H and O–H groups in total. The molecule has 1 aromatic rings. The average Bonchev–Trinajstić information content (AvgIpc) is 3.13. The van der Waals surface area contributed by atoms with Crippen LogP contribution >= 0.6 is 23.2 Å². The van der Waals surface area contributed by atoms with E-state index in [1.165, 1.54) is 5.57 Å². The lowest BCUT2D eigenvalue weighted by Gasteiger charge is -2.57. The van der Waals surface area contributed by atoms with Crippen molar-refractivity contribution in [1.82, 2.24) is 5.32 Å². The Kier molecular flexibility index (Phi) is 7.13. The van der Waals surface area contributed by atoms with Crippen molar-refractivity contribution in [3.63, 3.8) is 0 Å². The van der Waals surface area contributed by atoms with Gasteiger partial charge in [0, 0.05) is 6.54 Å². The van der Waals surface area contributed by atoms with Gasteiger partial charge in [0.2, 0.25) is 0 Å². The Morgan fingerprint density at radius 1 is 1.25 bits per heavy atom. The van der Waals surface area contributed by atoms with Crippen molar-refractivity contribution in [2.24, 2.45) is 28.6 Å². The van der Waals surface area contributed by atoms with Gasteiger partial charge in [-0.15, -0.1) is 6.58 Å². The molecule has 0 spiro atoms. The topological polar surface area (TPSA) is 69.6 Å². The van der Waals surface area contributed by atoms with E-state index in [4.69, 9.17) is 23.2 Å². The Morgan fingerprint density at radius 2 is 2.06 bits per heavy atom. The maximum atomic E-state index is 12.9. The molecule has 1 aromatic carbocycles. The van der Waals surface area contributed by atoms with Gasteiger partial charge in [0.1, 0.15) is 0 Å². The van der Waals surface area contributed by atoms with Crippen LogP contribution in [0.5, 0.6) is 0 Å². The third-order valence-electron chi connectivity index (χ3n) is 10.3. The highest BCUT2D eigenvalue weighted by Crippen LogP contribution is 2.67. The minimum absolute atomic E-state index is 0.000217. The summed E-state index contributed by atoms with van der Waals surface area (Å²) in [4.78, 5) is 12.9. The second kappa shape index (κ2) is 9.76. The van der Waals surface area contributed by atoms with Crippen LogP contribution in [0.1, 0.15) is 81.5 Å². The lowest BCUT2D eigenvalue weighted by atomic mass is 9.47. The van der Waals surface area contributed by atoms with E-state index in [0.717, 1.165) is 57.8 Å². The molecular weight excluding hydrogens is 493 g/mol. The summed E-state index contributed by atoms with van der Waals surface area (Å²) in [5.74, 6) is 1.32. The molecule has 0 saturated heterocycles. The highest BCUT2D eigenvalue weighted by Gasteiger charge is 2.61. The van der Waals surface area contributed by atoms with Crippen molar-refractivity contribution in [2.75, 3.05) is 6.54 Å². The van der Waals surface area contributed by atoms with Crippen molar-refractivity contribution in [2.45, 2.75) is 82.8 Å². The largest absolute Gasteiger partial charge is 0.393 e. The van der Waals surface area contributed by atoms with Gasteiger partial charge in [-0.25, -0.2) is 0 Å². The monoisotopic (exact) mass is 531 g/mol. The lowest BCUT2D eigenvalue weighted by molar-refractivity contribution is -0.0459. The molecule has 4 aliphatic rings. The van der Waals surface area contributed by atoms with Crippen molar-refractivity contribution >= 4 is 29.1 Å². The zero-order valence-corrected chi connectivity index (χ0v) is 22.8. The number of hydrogen-bond acceptors (Lipinski definition) is 3. The van der Waals surface area contributed by atoms with Crippen molar-refractivity contribution in [3.8, 4) is 0 Å². The first-order valence-corrected chi connectivity index (χ1v) is 14.3. The number of rotatable bonds is 6. The van der Waals surface area contributed by atoms with Gasteiger partial charge in [0.15, 0.2) is 0 Å². The predicted molar refractivity (Wildman–Crippen MR) is 145 cm³/mol. The molecule has 0 unspecified atom stereocenters. The molecular formula is C30H39Cl2NO3. The molecule has 4 aliphatic carbocycles. The van der Waals surface area contributed by atoms with E-state index in [1.807, 2.05) is 6.08 Å². The van der Waals surface area contributed by atoms with Crippen LogP contribution in [0.25, 0.3) is 0 Å². The number of nitrogens with one attached hydrogen (secondary N) is 1. The summed E-state index contributed by atoms with van der Waals surface area (Å²) in [5.41, 5.74) is 1.29. The van der Waals surface area contributed by atoms with Crippen LogP contribution < -0.4 is 5.32 Å². The van der Waals surface area contributed by atoms with Gasteiger partial charge in [0.25, 0.3) is 5.91 Å². The van der Waals surface area contributed by atoms with Crippen molar-refractivity contribution in [1.29, 1.82) is 0 Å². The summed E-state index contributed by atoms with van der Waals surface area (Å²) in [5, 5.41) is 25.7. The molecule has 5 rings (SSSR count). The molecule has 0 heterocycles. The molecule has 196 valence electrons. The summed E-state index contributed by atoms with van der Waals surface area (Å²) < 4.78 is 0. The zero-order chi connectivity index (χ0) is 25.7. The normalized spacial score (nSPS) is 39.4. The number of aliphatic hydroxyl groups excluding tert-OH is 1. The molecule has 0 bridgehead atoms. The molecule has 0 aliphatic heterocycles. The Hall–Kier alpha value is -1.33. The van der Waals surface area contributed by atoms with Crippen LogP contribution in [0, 0.1) is 28.6 Å².